The fourth-order valence-corrected chi connectivity index (χ4v) is 5.18. The summed E-state index contributed by atoms with van der Waals surface area (Å²) in [6, 6.07) is 27.2. The average molecular weight is 537 g/mol. The number of carbonyl (C=O) groups is 2. The Morgan fingerprint density at radius 3 is 2.23 bits per heavy atom. The van der Waals surface area contributed by atoms with E-state index in [1.54, 1.807) is 13.2 Å². The maximum Gasteiger partial charge on any atom is 0.256 e. The Hall–Kier alpha value is -4.52. The predicted octanol–water partition coefficient (Wildman–Crippen LogP) is 5.96. The first kappa shape index (κ1) is 27.1. The van der Waals surface area contributed by atoms with Crippen LogP contribution >= 0.6 is 0 Å². The predicted molar refractivity (Wildman–Crippen MR) is 163 cm³/mol. The Morgan fingerprint density at radius 1 is 0.800 bits per heavy atom. The molecule has 0 aromatic heterocycles. The molecule has 1 fully saturated rings. The highest BCUT2D eigenvalue weighted by Gasteiger charge is 2.24. The van der Waals surface area contributed by atoms with Crippen LogP contribution in [0.1, 0.15) is 41.0 Å². The van der Waals surface area contributed by atoms with Gasteiger partial charge in [-0.25, -0.2) is 0 Å². The molecule has 1 unspecified atom stereocenters. The molecule has 1 heterocycles. The van der Waals surface area contributed by atoms with Gasteiger partial charge in [0, 0.05) is 49.2 Å². The lowest BCUT2D eigenvalue weighted by atomic mass is 10.0. The van der Waals surface area contributed by atoms with E-state index >= 15 is 0 Å². The molecule has 206 valence electrons. The summed E-state index contributed by atoms with van der Waals surface area (Å²) < 4.78 is 5.57. The summed E-state index contributed by atoms with van der Waals surface area (Å²) in [6.07, 6.45) is 0.830. The summed E-state index contributed by atoms with van der Waals surface area (Å²) in [4.78, 5) is 31.3. The summed E-state index contributed by atoms with van der Waals surface area (Å²) in [5.74, 6) is 0.511. The number of hydrogen-bond acceptors (Lipinski definition) is 5. The number of rotatable bonds is 8. The van der Waals surface area contributed by atoms with E-state index < -0.39 is 0 Å². The van der Waals surface area contributed by atoms with E-state index in [0.29, 0.717) is 16.8 Å². The lowest BCUT2D eigenvalue weighted by Gasteiger charge is -2.38. The van der Waals surface area contributed by atoms with Crippen LogP contribution in [0.5, 0.6) is 5.75 Å². The number of anilines is 3. The molecule has 0 aliphatic carbocycles. The molecule has 7 heteroatoms. The topological polar surface area (TPSA) is 73.9 Å². The second kappa shape index (κ2) is 12.1. The van der Waals surface area contributed by atoms with Gasteiger partial charge in [0.2, 0.25) is 0 Å². The smallest absolute Gasteiger partial charge is 0.256 e. The van der Waals surface area contributed by atoms with Gasteiger partial charge in [-0.3, -0.25) is 9.59 Å². The van der Waals surface area contributed by atoms with Crippen molar-refractivity contribution in [1.82, 2.24) is 5.32 Å². The molecule has 40 heavy (non-hydrogen) atoms. The fraction of sp³-hybridized carbons (Fsp3) is 0.273. The molecule has 1 aliphatic heterocycles. The largest absolute Gasteiger partial charge is 0.495 e. The van der Waals surface area contributed by atoms with E-state index in [9.17, 15) is 9.59 Å². The maximum absolute atomic E-state index is 13.5. The van der Waals surface area contributed by atoms with Crippen LogP contribution < -0.4 is 25.2 Å². The Balaban J connectivity index is 1.39. The first-order chi connectivity index (χ1) is 19.5. The van der Waals surface area contributed by atoms with E-state index in [-0.39, 0.29) is 17.9 Å². The molecular weight excluding hydrogens is 500 g/mol. The number of amides is 2. The number of nitrogens with zero attached hydrogens (tertiary/aromatic N) is 2. The standard InChI is InChI=1S/C33H36N4O3/c1-4-23(2)34-33(39)28-22-25(35-32(38)27-13-9-11-24-10-5-6-12-26(24)27)16-17-29(28)36-18-20-37(21-19-36)30-14-7-8-15-31(30)40-3/h5-17,22-23H,4,18-21H2,1-3H3,(H,34,39)(H,35,38). The lowest BCUT2D eigenvalue weighted by Crippen LogP contribution is -2.47. The molecule has 0 radical (unpaired) electrons. The molecule has 5 rings (SSSR count). The maximum atomic E-state index is 13.5. The summed E-state index contributed by atoms with van der Waals surface area (Å²) in [7, 11) is 1.69. The third-order valence-corrected chi connectivity index (χ3v) is 7.57. The van der Waals surface area contributed by atoms with E-state index in [2.05, 4.69) is 26.5 Å². The zero-order chi connectivity index (χ0) is 28.1. The molecule has 0 spiro atoms. The summed E-state index contributed by atoms with van der Waals surface area (Å²) in [6.45, 7) is 7.14. The van der Waals surface area contributed by atoms with Crippen molar-refractivity contribution >= 4 is 39.6 Å². The van der Waals surface area contributed by atoms with Crippen LogP contribution in [0, 0.1) is 0 Å². The van der Waals surface area contributed by atoms with E-state index in [1.807, 2.05) is 86.6 Å². The molecule has 7 nitrogen and oxygen atoms in total. The number of para-hydroxylation sites is 2. The molecule has 2 N–H and O–H groups in total. The van der Waals surface area contributed by atoms with Gasteiger partial charge in [-0.1, -0.05) is 55.5 Å². The number of hydrogen-bond donors (Lipinski definition) is 2. The first-order valence-corrected chi connectivity index (χ1v) is 13.9. The van der Waals surface area contributed by atoms with E-state index in [4.69, 9.17) is 4.74 Å². The van der Waals surface area contributed by atoms with Crippen molar-refractivity contribution in [3.8, 4) is 5.75 Å². The minimum atomic E-state index is -0.205. The normalized spacial score (nSPS) is 14.1. The quantitative estimate of drug-likeness (QED) is 0.291. The van der Waals surface area contributed by atoms with Crippen molar-refractivity contribution in [2.24, 2.45) is 0 Å². The highest BCUT2D eigenvalue weighted by molar-refractivity contribution is 6.13. The van der Waals surface area contributed by atoms with Gasteiger partial charge in [-0.2, -0.15) is 0 Å². The number of carbonyl (C=O) groups excluding carboxylic acids is 2. The number of nitrogens with one attached hydrogen (secondary N) is 2. The molecular formula is C33H36N4O3. The Labute approximate surface area is 235 Å². The molecule has 4 aromatic rings. The van der Waals surface area contributed by atoms with Crippen LogP contribution in [-0.2, 0) is 0 Å². The zero-order valence-electron chi connectivity index (χ0n) is 23.3. The van der Waals surface area contributed by atoms with Crippen molar-refractivity contribution in [2.45, 2.75) is 26.3 Å². The third-order valence-electron chi connectivity index (χ3n) is 7.57. The van der Waals surface area contributed by atoms with Gasteiger partial charge >= 0.3 is 0 Å². The minimum Gasteiger partial charge on any atom is -0.495 e. The second-order valence-corrected chi connectivity index (χ2v) is 10.1. The monoisotopic (exact) mass is 536 g/mol. The fourth-order valence-electron chi connectivity index (χ4n) is 5.18. The van der Waals surface area contributed by atoms with Gasteiger partial charge in [0.1, 0.15) is 5.75 Å². The number of benzene rings is 4. The summed E-state index contributed by atoms with van der Waals surface area (Å²) >= 11 is 0. The highest BCUT2D eigenvalue weighted by atomic mass is 16.5. The number of ether oxygens (including phenoxy) is 1. The van der Waals surface area contributed by atoms with E-state index in [1.165, 1.54) is 0 Å². The van der Waals surface area contributed by atoms with Gasteiger partial charge in [-0.15, -0.1) is 0 Å². The third kappa shape index (κ3) is 5.73. The van der Waals surface area contributed by atoms with Gasteiger partial charge in [0.25, 0.3) is 11.8 Å². The van der Waals surface area contributed by atoms with Gasteiger partial charge < -0.3 is 25.2 Å². The Morgan fingerprint density at radius 2 is 1.48 bits per heavy atom. The first-order valence-electron chi connectivity index (χ1n) is 13.9. The van der Waals surface area contributed by atoms with Crippen molar-refractivity contribution < 1.29 is 14.3 Å². The summed E-state index contributed by atoms with van der Waals surface area (Å²) in [5.41, 5.74) is 3.68. The molecule has 1 atom stereocenters. The number of piperazine rings is 1. The van der Waals surface area contributed by atoms with Crippen LogP contribution in [-0.4, -0.2) is 51.1 Å². The zero-order valence-corrected chi connectivity index (χ0v) is 23.3. The lowest BCUT2D eigenvalue weighted by molar-refractivity contribution is 0.0938. The molecule has 4 aromatic carbocycles. The van der Waals surface area contributed by atoms with Gasteiger partial charge in [0.15, 0.2) is 0 Å². The van der Waals surface area contributed by atoms with Crippen LogP contribution in [0.4, 0.5) is 17.1 Å². The van der Waals surface area contributed by atoms with Gasteiger partial charge in [-0.05, 0) is 60.5 Å². The van der Waals surface area contributed by atoms with Crippen molar-refractivity contribution in [3.63, 3.8) is 0 Å². The number of fused-ring (bicyclic) bond motifs is 1. The average Bonchev–Trinajstić information content (AvgIpc) is 3.00. The molecule has 0 bridgehead atoms. The van der Waals surface area contributed by atoms with Crippen LogP contribution in [0.3, 0.4) is 0 Å². The second-order valence-electron chi connectivity index (χ2n) is 10.1. The molecule has 1 aliphatic rings. The Kier molecular flexibility index (Phi) is 8.20. The minimum absolute atomic E-state index is 0.0386. The van der Waals surface area contributed by atoms with E-state index in [0.717, 1.165) is 60.5 Å². The van der Waals surface area contributed by atoms with Crippen molar-refractivity contribution in [3.05, 3.63) is 96.1 Å². The van der Waals surface area contributed by atoms with Gasteiger partial charge in [0.05, 0.1) is 18.4 Å². The SMILES string of the molecule is CCC(C)NC(=O)c1cc(NC(=O)c2cccc3ccccc23)ccc1N1CCN(c2ccccc2OC)CC1. The molecule has 2 amide bonds. The molecule has 0 saturated carbocycles. The van der Waals surface area contributed by atoms with Crippen LogP contribution in [0.25, 0.3) is 10.8 Å². The van der Waals surface area contributed by atoms with Crippen molar-refractivity contribution in [1.29, 1.82) is 0 Å². The van der Waals surface area contributed by atoms with Crippen molar-refractivity contribution in [2.75, 3.05) is 48.4 Å². The Bertz CT molecular complexity index is 1510. The molecule has 1 saturated heterocycles. The van der Waals surface area contributed by atoms with Crippen LogP contribution in [0.2, 0.25) is 0 Å². The van der Waals surface area contributed by atoms with Crippen LogP contribution in [0.15, 0.2) is 84.9 Å². The summed E-state index contributed by atoms with van der Waals surface area (Å²) in [5, 5.41) is 8.03. The highest BCUT2D eigenvalue weighted by Crippen LogP contribution is 2.31. The number of methoxy groups -OCH3 is 1.